The Morgan fingerprint density at radius 1 is 1.15 bits per heavy atom. The lowest BCUT2D eigenvalue weighted by Gasteiger charge is -2.16. The zero-order valence-electron chi connectivity index (χ0n) is 11.8. The van der Waals surface area contributed by atoms with Crippen LogP contribution in [0.4, 0.5) is 0 Å². The third kappa shape index (κ3) is 2.77. The largest absolute Gasteiger partial charge is 0.324 e. The van der Waals surface area contributed by atoms with Crippen LogP contribution in [-0.4, -0.2) is 0 Å². The van der Waals surface area contributed by atoms with Gasteiger partial charge in [0.05, 0.1) is 0 Å². The zero-order chi connectivity index (χ0) is 14.1. The molecule has 2 N–H and O–H groups in total. The minimum absolute atomic E-state index is 0.0845. The van der Waals surface area contributed by atoms with Gasteiger partial charge in [0.1, 0.15) is 0 Å². The van der Waals surface area contributed by atoms with Gasteiger partial charge in [-0.15, -0.1) is 0 Å². The number of hydrogen-bond donors (Lipinski definition) is 1. The molecule has 104 valence electrons. The molecule has 0 aliphatic heterocycles. The van der Waals surface area contributed by atoms with E-state index in [0.29, 0.717) is 0 Å². The van der Waals surface area contributed by atoms with Gasteiger partial charge >= 0.3 is 0 Å². The van der Waals surface area contributed by atoms with E-state index in [1.807, 2.05) is 0 Å². The highest BCUT2D eigenvalue weighted by atomic mass is 127. The third-order valence-corrected chi connectivity index (χ3v) is 5.71. The molecule has 1 atom stereocenters. The minimum Gasteiger partial charge on any atom is -0.324 e. The van der Waals surface area contributed by atoms with E-state index in [9.17, 15) is 0 Å². The molecule has 0 heterocycles. The second-order valence-electron chi connectivity index (χ2n) is 5.75. The van der Waals surface area contributed by atoms with E-state index < -0.39 is 0 Å². The van der Waals surface area contributed by atoms with E-state index in [1.54, 1.807) is 0 Å². The van der Waals surface area contributed by atoms with E-state index in [2.05, 4.69) is 65.9 Å². The van der Waals surface area contributed by atoms with Crippen molar-refractivity contribution in [2.75, 3.05) is 0 Å². The number of rotatable bonds is 3. The topological polar surface area (TPSA) is 26.0 Å². The lowest BCUT2D eigenvalue weighted by atomic mass is 9.96. The summed E-state index contributed by atoms with van der Waals surface area (Å²) in [5.74, 6) is 0. The molecular weight excluding hydrogens is 357 g/mol. The summed E-state index contributed by atoms with van der Waals surface area (Å²) in [6.07, 6.45) is 4.71. The molecule has 1 nitrogen and oxygen atoms in total. The molecular formula is C18H20IN. The Kier molecular flexibility index (Phi) is 4.13. The van der Waals surface area contributed by atoms with Crippen LogP contribution in [0.15, 0.2) is 36.4 Å². The molecule has 1 aliphatic rings. The Morgan fingerprint density at radius 3 is 2.80 bits per heavy atom. The first kappa shape index (κ1) is 14.1. The average molecular weight is 377 g/mol. The number of aryl methyl sites for hydroxylation is 3. The van der Waals surface area contributed by atoms with Crippen molar-refractivity contribution < 1.29 is 0 Å². The molecule has 1 aliphatic carbocycles. The standard InChI is InChI=1S/C18H20IN/c1-12-4-2-7-16(18(12)19)17(20)11-13-8-9-14-5-3-6-15(14)10-13/h2,4,7-10,17H,3,5-6,11,20H2,1H3. The quantitative estimate of drug-likeness (QED) is 0.792. The first-order chi connectivity index (χ1) is 9.65. The van der Waals surface area contributed by atoms with Gasteiger partial charge in [0.2, 0.25) is 0 Å². The van der Waals surface area contributed by atoms with Crippen molar-refractivity contribution >= 4 is 22.6 Å². The van der Waals surface area contributed by atoms with Gasteiger partial charge < -0.3 is 5.73 Å². The summed E-state index contributed by atoms with van der Waals surface area (Å²) in [5, 5.41) is 0. The molecule has 2 aromatic rings. The average Bonchev–Trinajstić information content (AvgIpc) is 2.89. The van der Waals surface area contributed by atoms with Crippen LogP contribution >= 0.6 is 22.6 Å². The van der Waals surface area contributed by atoms with Crippen molar-refractivity contribution in [3.05, 3.63) is 67.8 Å². The van der Waals surface area contributed by atoms with E-state index in [4.69, 9.17) is 5.73 Å². The van der Waals surface area contributed by atoms with Crippen LogP contribution in [0.25, 0.3) is 0 Å². The Bertz CT molecular complexity index is 633. The van der Waals surface area contributed by atoms with E-state index in [0.717, 1.165) is 6.42 Å². The summed E-state index contributed by atoms with van der Waals surface area (Å²) in [4.78, 5) is 0. The van der Waals surface area contributed by atoms with Crippen LogP contribution in [-0.2, 0) is 19.3 Å². The van der Waals surface area contributed by atoms with Crippen LogP contribution in [0.1, 0.15) is 40.3 Å². The third-order valence-electron chi connectivity index (χ3n) is 4.24. The van der Waals surface area contributed by atoms with Gasteiger partial charge in [-0.2, -0.15) is 0 Å². The van der Waals surface area contributed by atoms with Gasteiger partial charge in [0.15, 0.2) is 0 Å². The van der Waals surface area contributed by atoms with Crippen molar-refractivity contribution in [1.82, 2.24) is 0 Å². The molecule has 2 heteroatoms. The maximum absolute atomic E-state index is 6.44. The second kappa shape index (κ2) is 5.86. The van der Waals surface area contributed by atoms with Gasteiger partial charge in [0, 0.05) is 9.61 Å². The number of benzene rings is 2. The molecule has 20 heavy (non-hydrogen) atoms. The fourth-order valence-corrected chi connectivity index (χ4v) is 3.83. The Labute approximate surface area is 134 Å². The monoisotopic (exact) mass is 377 g/mol. The minimum atomic E-state index is 0.0845. The second-order valence-corrected chi connectivity index (χ2v) is 6.82. The summed E-state index contributed by atoms with van der Waals surface area (Å²) in [6, 6.07) is 13.4. The Morgan fingerprint density at radius 2 is 1.95 bits per heavy atom. The predicted molar refractivity (Wildman–Crippen MR) is 93.0 cm³/mol. The molecule has 0 bridgehead atoms. The molecule has 3 rings (SSSR count). The maximum Gasteiger partial charge on any atom is 0.0346 e. The van der Waals surface area contributed by atoms with Crippen LogP contribution in [0, 0.1) is 10.5 Å². The molecule has 0 fully saturated rings. The molecule has 0 spiro atoms. The fraction of sp³-hybridized carbons (Fsp3) is 0.333. The number of halogens is 1. The molecule has 0 saturated carbocycles. The van der Waals surface area contributed by atoms with Crippen molar-refractivity contribution in [2.45, 2.75) is 38.6 Å². The maximum atomic E-state index is 6.44. The van der Waals surface area contributed by atoms with Crippen molar-refractivity contribution in [1.29, 1.82) is 0 Å². The summed E-state index contributed by atoms with van der Waals surface area (Å²) < 4.78 is 1.30. The van der Waals surface area contributed by atoms with Gasteiger partial charge in [-0.25, -0.2) is 0 Å². The van der Waals surface area contributed by atoms with E-state index in [1.165, 1.54) is 50.6 Å². The lowest BCUT2D eigenvalue weighted by Crippen LogP contribution is -2.15. The SMILES string of the molecule is Cc1cccc(C(N)Cc2ccc3c(c2)CCC3)c1I. The van der Waals surface area contributed by atoms with Gasteiger partial charge in [-0.05, 0) is 83.0 Å². The molecule has 0 aromatic heterocycles. The molecule has 1 unspecified atom stereocenters. The van der Waals surface area contributed by atoms with Crippen molar-refractivity contribution in [3.8, 4) is 0 Å². The number of nitrogens with two attached hydrogens (primary N) is 1. The van der Waals surface area contributed by atoms with Crippen LogP contribution in [0.5, 0.6) is 0 Å². The van der Waals surface area contributed by atoms with Gasteiger partial charge in [-0.3, -0.25) is 0 Å². The van der Waals surface area contributed by atoms with Crippen LogP contribution in [0.3, 0.4) is 0 Å². The Hall–Kier alpha value is -0.870. The number of hydrogen-bond acceptors (Lipinski definition) is 1. The van der Waals surface area contributed by atoms with Crippen LogP contribution in [0.2, 0.25) is 0 Å². The van der Waals surface area contributed by atoms with Crippen LogP contribution < -0.4 is 5.73 Å². The first-order valence-corrected chi connectivity index (χ1v) is 8.34. The highest BCUT2D eigenvalue weighted by Gasteiger charge is 2.14. The van der Waals surface area contributed by atoms with E-state index >= 15 is 0 Å². The van der Waals surface area contributed by atoms with E-state index in [-0.39, 0.29) is 6.04 Å². The summed E-state index contributed by atoms with van der Waals surface area (Å²) >= 11 is 2.41. The number of fused-ring (bicyclic) bond motifs is 1. The molecule has 0 radical (unpaired) electrons. The molecule has 0 amide bonds. The first-order valence-electron chi connectivity index (χ1n) is 7.26. The van der Waals surface area contributed by atoms with Crippen molar-refractivity contribution in [2.24, 2.45) is 5.73 Å². The molecule has 2 aromatic carbocycles. The summed E-state index contributed by atoms with van der Waals surface area (Å²) in [5.41, 5.74) is 13.5. The molecule has 0 saturated heterocycles. The highest BCUT2D eigenvalue weighted by molar-refractivity contribution is 14.1. The van der Waals surface area contributed by atoms with Gasteiger partial charge in [0.25, 0.3) is 0 Å². The smallest absolute Gasteiger partial charge is 0.0346 e. The predicted octanol–water partition coefficient (Wildman–Crippen LogP) is 4.33. The summed E-state index contributed by atoms with van der Waals surface area (Å²) in [7, 11) is 0. The zero-order valence-corrected chi connectivity index (χ0v) is 14.0. The van der Waals surface area contributed by atoms with Gasteiger partial charge in [-0.1, -0.05) is 36.4 Å². The fourth-order valence-electron chi connectivity index (χ4n) is 3.07. The Balaban J connectivity index is 1.82. The summed E-state index contributed by atoms with van der Waals surface area (Å²) in [6.45, 7) is 2.15. The highest BCUT2D eigenvalue weighted by Crippen LogP contribution is 2.27. The normalized spacial score (nSPS) is 15.2. The lowest BCUT2D eigenvalue weighted by molar-refractivity contribution is 0.716. The van der Waals surface area contributed by atoms with Crippen molar-refractivity contribution in [3.63, 3.8) is 0 Å².